The third-order valence-corrected chi connectivity index (χ3v) is 5.37. The van der Waals surface area contributed by atoms with E-state index in [0.29, 0.717) is 25.4 Å². The highest BCUT2D eigenvalue weighted by Crippen LogP contribution is 2.30. The zero-order valence-electron chi connectivity index (χ0n) is 16.4. The Hall–Kier alpha value is -2.35. The van der Waals surface area contributed by atoms with Crippen molar-refractivity contribution in [1.82, 2.24) is 0 Å². The third kappa shape index (κ3) is 5.18. The number of para-hydroxylation sites is 3. The zero-order chi connectivity index (χ0) is 20.1. The maximum Gasteiger partial charge on any atom is 0.161 e. The Bertz CT molecular complexity index is 798. The van der Waals surface area contributed by atoms with Gasteiger partial charge in [-0.1, -0.05) is 24.3 Å². The van der Waals surface area contributed by atoms with Crippen LogP contribution in [0.3, 0.4) is 0 Å². The lowest BCUT2D eigenvalue weighted by molar-refractivity contribution is -0.903. The number of aliphatic hydroxyl groups excluding tert-OH is 1. The van der Waals surface area contributed by atoms with Crippen LogP contribution in [-0.4, -0.2) is 69.9 Å². The van der Waals surface area contributed by atoms with Crippen LogP contribution in [0.1, 0.15) is 0 Å². The molecule has 2 aromatic rings. The standard InChI is InChI=1S/C22H27FN2O4/c23-19-5-1-2-6-20(19)25-11-9-24(10-12-25)13-17(26)14-27-15-18-16-28-21-7-3-4-8-22(21)29-18/h1-8,17-18,26H,9-16H2/p+1/t17-,18-/m0/s1. The minimum Gasteiger partial charge on any atom is -0.486 e. The van der Waals surface area contributed by atoms with Crippen LogP contribution in [0.15, 0.2) is 48.5 Å². The summed E-state index contributed by atoms with van der Waals surface area (Å²) in [5.74, 6) is 1.30. The summed E-state index contributed by atoms with van der Waals surface area (Å²) >= 11 is 0. The van der Waals surface area contributed by atoms with Crippen molar-refractivity contribution < 1.29 is 28.6 Å². The number of hydrogen-bond donors (Lipinski definition) is 2. The number of hydrogen-bond acceptors (Lipinski definition) is 5. The maximum atomic E-state index is 13.9. The second-order valence-electron chi connectivity index (χ2n) is 7.58. The zero-order valence-corrected chi connectivity index (χ0v) is 16.4. The highest BCUT2D eigenvalue weighted by atomic mass is 19.1. The number of aliphatic hydroxyl groups is 1. The van der Waals surface area contributed by atoms with E-state index in [0.717, 1.165) is 37.7 Å². The van der Waals surface area contributed by atoms with Gasteiger partial charge in [0.1, 0.15) is 25.1 Å². The molecular formula is C22H28FN2O4+. The fraction of sp³-hybridized carbons (Fsp3) is 0.455. The summed E-state index contributed by atoms with van der Waals surface area (Å²) < 4.78 is 31.1. The van der Waals surface area contributed by atoms with E-state index < -0.39 is 6.10 Å². The molecule has 0 bridgehead atoms. The fourth-order valence-corrected chi connectivity index (χ4v) is 3.85. The van der Waals surface area contributed by atoms with Gasteiger partial charge in [0, 0.05) is 0 Å². The normalized spacial score (nSPS) is 20.5. The third-order valence-electron chi connectivity index (χ3n) is 5.37. The van der Waals surface area contributed by atoms with Gasteiger partial charge in [0.15, 0.2) is 17.6 Å². The molecule has 2 aliphatic heterocycles. The highest BCUT2D eigenvalue weighted by Gasteiger charge is 2.25. The molecule has 7 heteroatoms. The van der Waals surface area contributed by atoms with E-state index in [-0.39, 0.29) is 18.5 Å². The van der Waals surface area contributed by atoms with Crippen molar-refractivity contribution in [3.8, 4) is 11.5 Å². The van der Waals surface area contributed by atoms with Crippen molar-refractivity contribution in [2.24, 2.45) is 0 Å². The number of fused-ring (bicyclic) bond motifs is 1. The first-order chi connectivity index (χ1) is 14.2. The molecule has 0 saturated carbocycles. The maximum absolute atomic E-state index is 13.9. The summed E-state index contributed by atoms with van der Waals surface area (Å²) in [6, 6.07) is 14.5. The summed E-state index contributed by atoms with van der Waals surface area (Å²) in [5.41, 5.74) is 0.659. The summed E-state index contributed by atoms with van der Waals surface area (Å²) in [7, 11) is 0. The summed E-state index contributed by atoms with van der Waals surface area (Å²) in [5, 5.41) is 10.3. The predicted octanol–water partition coefficient (Wildman–Crippen LogP) is 0.748. The molecule has 2 aliphatic rings. The van der Waals surface area contributed by atoms with Crippen molar-refractivity contribution in [2.75, 3.05) is 57.4 Å². The van der Waals surface area contributed by atoms with E-state index in [4.69, 9.17) is 14.2 Å². The fourth-order valence-electron chi connectivity index (χ4n) is 3.85. The Kier molecular flexibility index (Phi) is 6.49. The van der Waals surface area contributed by atoms with Crippen LogP contribution in [0.4, 0.5) is 10.1 Å². The van der Waals surface area contributed by atoms with Crippen LogP contribution in [0.5, 0.6) is 11.5 Å². The SMILES string of the molecule is O[C@H](COC[C@H]1COc2ccccc2O1)C[NH+]1CCN(c2ccccc2F)CC1. The molecule has 0 aliphatic carbocycles. The first-order valence-electron chi connectivity index (χ1n) is 10.2. The average Bonchev–Trinajstić information content (AvgIpc) is 2.75. The summed E-state index contributed by atoms with van der Waals surface area (Å²) in [6.45, 7) is 4.98. The lowest BCUT2D eigenvalue weighted by Crippen LogP contribution is -3.16. The molecule has 2 heterocycles. The smallest absolute Gasteiger partial charge is 0.161 e. The second-order valence-corrected chi connectivity index (χ2v) is 7.58. The Morgan fingerprint density at radius 1 is 1.10 bits per heavy atom. The molecule has 0 unspecified atom stereocenters. The number of halogens is 1. The van der Waals surface area contributed by atoms with E-state index in [9.17, 15) is 9.50 Å². The molecule has 2 N–H and O–H groups in total. The molecule has 156 valence electrons. The van der Waals surface area contributed by atoms with Gasteiger partial charge in [-0.2, -0.15) is 0 Å². The van der Waals surface area contributed by atoms with Gasteiger partial charge in [-0.3, -0.25) is 0 Å². The van der Waals surface area contributed by atoms with Gasteiger partial charge in [0.25, 0.3) is 0 Å². The molecule has 0 aromatic heterocycles. The van der Waals surface area contributed by atoms with Crippen LogP contribution in [0.25, 0.3) is 0 Å². The van der Waals surface area contributed by atoms with Crippen LogP contribution in [-0.2, 0) is 4.74 Å². The van der Waals surface area contributed by atoms with Crippen molar-refractivity contribution in [3.63, 3.8) is 0 Å². The largest absolute Gasteiger partial charge is 0.486 e. The molecule has 0 amide bonds. The number of benzene rings is 2. The monoisotopic (exact) mass is 403 g/mol. The number of nitrogens with one attached hydrogen (secondary N) is 1. The van der Waals surface area contributed by atoms with Gasteiger partial charge in [0.05, 0.1) is 45.1 Å². The van der Waals surface area contributed by atoms with Crippen LogP contribution in [0.2, 0.25) is 0 Å². The lowest BCUT2D eigenvalue weighted by atomic mass is 10.2. The van der Waals surface area contributed by atoms with Crippen LogP contribution < -0.4 is 19.3 Å². The number of piperazine rings is 1. The van der Waals surface area contributed by atoms with Gasteiger partial charge in [-0.05, 0) is 24.3 Å². The molecule has 29 heavy (non-hydrogen) atoms. The van der Waals surface area contributed by atoms with Gasteiger partial charge in [-0.15, -0.1) is 0 Å². The molecule has 2 atom stereocenters. The topological polar surface area (TPSA) is 55.6 Å². The molecule has 2 aromatic carbocycles. The number of ether oxygens (including phenoxy) is 3. The van der Waals surface area contributed by atoms with Crippen molar-refractivity contribution in [3.05, 3.63) is 54.3 Å². The lowest BCUT2D eigenvalue weighted by Gasteiger charge is -2.34. The van der Waals surface area contributed by atoms with E-state index in [1.54, 1.807) is 6.07 Å². The Morgan fingerprint density at radius 2 is 1.83 bits per heavy atom. The molecule has 1 fully saturated rings. The Labute approximate surface area is 170 Å². The van der Waals surface area contributed by atoms with E-state index >= 15 is 0 Å². The number of nitrogens with zero attached hydrogens (tertiary/aromatic N) is 1. The first kappa shape index (κ1) is 19.9. The molecular weight excluding hydrogens is 375 g/mol. The Morgan fingerprint density at radius 3 is 2.62 bits per heavy atom. The van der Waals surface area contributed by atoms with Crippen LogP contribution in [0, 0.1) is 5.82 Å². The Balaban J connectivity index is 1.15. The van der Waals surface area contributed by atoms with Gasteiger partial charge >= 0.3 is 0 Å². The molecule has 1 saturated heterocycles. The minimum atomic E-state index is -0.540. The molecule has 0 spiro atoms. The quantitative estimate of drug-likeness (QED) is 0.715. The molecule has 0 radical (unpaired) electrons. The van der Waals surface area contributed by atoms with E-state index in [1.165, 1.54) is 11.0 Å². The van der Waals surface area contributed by atoms with Crippen molar-refractivity contribution in [2.45, 2.75) is 12.2 Å². The summed E-state index contributed by atoms with van der Waals surface area (Å²) in [6.07, 6.45) is -0.712. The molecule has 4 rings (SSSR count). The number of anilines is 1. The predicted molar refractivity (Wildman–Crippen MR) is 107 cm³/mol. The number of quaternary nitrogens is 1. The first-order valence-corrected chi connectivity index (χ1v) is 10.2. The van der Waals surface area contributed by atoms with Crippen LogP contribution >= 0.6 is 0 Å². The minimum absolute atomic E-state index is 0.172. The highest BCUT2D eigenvalue weighted by molar-refractivity contribution is 5.47. The number of rotatable bonds is 7. The van der Waals surface area contributed by atoms with E-state index in [1.807, 2.05) is 36.4 Å². The average molecular weight is 403 g/mol. The summed E-state index contributed by atoms with van der Waals surface area (Å²) in [4.78, 5) is 3.37. The van der Waals surface area contributed by atoms with Crippen molar-refractivity contribution in [1.29, 1.82) is 0 Å². The molecule has 6 nitrogen and oxygen atoms in total. The van der Waals surface area contributed by atoms with E-state index in [2.05, 4.69) is 4.90 Å². The van der Waals surface area contributed by atoms with Gasteiger partial charge in [0.2, 0.25) is 0 Å². The van der Waals surface area contributed by atoms with Gasteiger partial charge in [-0.25, -0.2) is 4.39 Å². The van der Waals surface area contributed by atoms with Gasteiger partial charge < -0.3 is 29.1 Å². The second kappa shape index (κ2) is 9.43. The van der Waals surface area contributed by atoms with Crippen molar-refractivity contribution >= 4 is 5.69 Å².